The van der Waals surface area contributed by atoms with Gasteiger partial charge in [0.05, 0.1) is 0 Å². The van der Waals surface area contributed by atoms with E-state index in [9.17, 15) is 9.41 Å². The van der Waals surface area contributed by atoms with Crippen molar-refractivity contribution < 1.29 is 19.1 Å². The summed E-state index contributed by atoms with van der Waals surface area (Å²) < 4.78 is 17.4. The number of benzene rings is 1. The van der Waals surface area contributed by atoms with Gasteiger partial charge in [-0.2, -0.15) is 0 Å². The highest BCUT2D eigenvalue weighted by atomic mass is 19.1. The fraction of sp³-hybridized carbons (Fsp3) is 0.143. The molecule has 3 nitrogen and oxygen atoms in total. The first-order valence-corrected chi connectivity index (χ1v) is 3.64. The summed E-state index contributed by atoms with van der Waals surface area (Å²) in [6.45, 7) is -2.51. The molecule has 1 aromatic rings. The van der Waals surface area contributed by atoms with E-state index in [1.165, 1.54) is 18.2 Å². The number of halogens is 1. The molecule has 1 heterocycles. The van der Waals surface area contributed by atoms with Crippen molar-refractivity contribution >= 4 is 12.2 Å². The van der Waals surface area contributed by atoms with Crippen LogP contribution in [0.4, 0.5) is 4.39 Å². The topological polar surface area (TPSA) is 52.4 Å². The third-order valence-corrected chi connectivity index (χ3v) is 2.01. The maximum atomic E-state index is 12.6. The first-order chi connectivity index (χ1) is 5.59. The Morgan fingerprint density at radius 2 is 2.33 bits per heavy atom. The van der Waals surface area contributed by atoms with Crippen molar-refractivity contribution in [2.45, 2.75) is 6.61 Å². The van der Waals surface area contributed by atoms with Gasteiger partial charge in [0, 0.05) is 6.61 Å². The minimum Gasteiger partial charge on any atom is -0.640 e. The summed E-state index contributed by atoms with van der Waals surface area (Å²) in [6, 6.07) is 3.89. The van der Waals surface area contributed by atoms with E-state index in [1.807, 2.05) is 0 Å². The van der Waals surface area contributed by atoms with Crippen LogP contribution in [0.3, 0.4) is 0 Å². The second kappa shape index (κ2) is 2.29. The van der Waals surface area contributed by atoms with Crippen LogP contribution >= 0.6 is 0 Å². The van der Waals surface area contributed by atoms with Crippen LogP contribution in [-0.4, -0.2) is 16.8 Å². The van der Waals surface area contributed by atoms with Gasteiger partial charge in [0.25, 0.3) is 0 Å². The largest absolute Gasteiger partial charge is 0.640 e. The third kappa shape index (κ3) is 1.03. The lowest BCUT2D eigenvalue weighted by atomic mass is 9.71. The van der Waals surface area contributed by atoms with E-state index in [1.54, 1.807) is 0 Å². The van der Waals surface area contributed by atoms with Crippen molar-refractivity contribution in [3.8, 4) is 0 Å². The van der Waals surface area contributed by atoms with E-state index < -0.39 is 6.75 Å². The quantitative estimate of drug-likeness (QED) is 0.410. The molecule has 0 saturated heterocycles. The van der Waals surface area contributed by atoms with Crippen molar-refractivity contribution in [3.05, 3.63) is 29.6 Å². The molecule has 12 heavy (non-hydrogen) atoms. The van der Waals surface area contributed by atoms with Gasteiger partial charge in [0.2, 0.25) is 0 Å². The van der Waals surface area contributed by atoms with Gasteiger partial charge in [-0.25, -0.2) is 4.39 Å². The van der Waals surface area contributed by atoms with Crippen molar-refractivity contribution in [2.24, 2.45) is 0 Å². The predicted molar refractivity (Wildman–Crippen MR) is 42.4 cm³/mol. The third-order valence-electron chi connectivity index (χ3n) is 2.01. The first-order valence-electron chi connectivity index (χ1n) is 3.64. The average Bonchev–Trinajstić information content (AvgIpc) is 2.27. The van der Waals surface area contributed by atoms with Crippen LogP contribution in [0, 0.1) is 5.82 Å². The van der Waals surface area contributed by atoms with Crippen LogP contribution in [-0.2, 0) is 11.3 Å². The molecule has 1 unspecified atom stereocenters. The summed E-state index contributed by atoms with van der Waals surface area (Å²) in [5.41, 5.74) is 0.948. The maximum Gasteiger partial charge on any atom is 0.596 e. The second-order valence-corrected chi connectivity index (χ2v) is 2.90. The summed E-state index contributed by atoms with van der Waals surface area (Å²) >= 11 is 0. The molecule has 0 bridgehead atoms. The van der Waals surface area contributed by atoms with Crippen molar-refractivity contribution in [1.82, 2.24) is 0 Å². The van der Waals surface area contributed by atoms with E-state index in [-0.39, 0.29) is 12.4 Å². The molecule has 0 radical (unpaired) electrons. The molecular formula is C7H8BFO3. The van der Waals surface area contributed by atoms with E-state index >= 15 is 0 Å². The average molecular weight is 170 g/mol. The smallest absolute Gasteiger partial charge is 0.596 e. The van der Waals surface area contributed by atoms with E-state index in [0.717, 1.165) is 0 Å². The molecule has 0 amide bonds. The Morgan fingerprint density at radius 1 is 1.58 bits per heavy atom. The van der Waals surface area contributed by atoms with Crippen molar-refractivity contribution in [3.63, 3.8) is 0 Å². The first kappa shape index (κ1) is 7.73. The van der Waals surface area contributed by atoms with Gasteiger partial charge in [0.1, 0.15) is 5.82 Å². The molecule has 3 N–H and O–H groups in total. The number of hydrogen-bond acceptors (Lipinski definition) is 2. The zero-order valence-corrected chi connectivity index (χ0v) is 6.25. The molecule has 64 valence electrons. The highest BCUT2D eigenvalue weighted by Gasteiger charge is 2.40. The zero-order valence-electron chi connectivity index (χ0n) is 6.25. The monoisotopic (exact) mass is 170 g/mol. The lowest BCUT2D eigenvalue weighted by Gasteiger charge is -2.14. The van der Waals surface area contributed by atoms with E-state index in [4.69, 9.17) is 9.68 Å². The maximum absolute atomic E-state index is 12.6. The highest BCUT2D eigenvalue weighted by Crippen LogP contribution is 2.15. The van der Waals surface area contributed by atoms with Crippen LogP contribution in [0.1, 0.15) is 5.56 Å². The molecule has 0 aliphatic carbocycles. The molecule has 1 aliphatic heterocycles. The summed E-state index contributed by atoms with van der Waals surface area (Å²) in [7, 11) is 0. The molecule has 1 aliphatic rings. The Morgan fingerprint density at radius 3 is 3.08 bits per heavy atom. The molecule has 2 rings (SSSR count). The fourth-order valence-electron chi connectivity index (χ4n) is 1.38. The van der Waals surface area contributed by atoms with E-state index in [0.29, 0.717) is 11.0 Å². The molecule has 0 aromatic heterocycles. The van der Waals surface area contributed by atoms with Gasteiger partial charge < -0.3 is 14.7 Å². The summed E-state index contributed by atoms with van der Waals surface area (Å²) in [5.74, 6) is -0.370. The Hall–Kier alpha value is -0.905. The molecule has 1 aromatic carbocycles. The molecule has 0 spiro atoms. The highest BCUT2D eigenvalue weighted by molar-refractivity contribution is 6.74. The second-order valence-electron chi connectivity index (χ2n) is 2.90. The van der Waals surface area contributed by atoms with Crippen LogP contribution in [0.25, 0.3) is 0 Å². The molecule has 1 atom stereocenters. The van der Waals surface area contributed by atoms with Gasteiger partial charge in [-0.1, -0.05) is 6.07 Å². The fourth-order valence-corrected chi connectivity index (χ4v) is 1.38. The summed E-state index contributed by atoms with van der Waals surface area (Å²) in [4.78, 5) is 0. The van der Waals surface area contributed by atoms with Crippen LogP contribution in [0.5, 0.6) is 0 Å². The number of rotatable bonds is 0. The Balaban J connectivity index is 2.55. The lowest BCUT2D eigenvalue weighted by molar-refractivity contribution is 0.169. The minimum absolute atomic E-state index is 0.118. The summed E-state index contributed by atoms with van der Waals surface area (Å²) in [6.07, 6.45) is 0. The van der Waals surface area contributed by atoms with Gasteiger partial charge in [-0.05, 0) is 23.2 Å². The van der Waals surface area contributed by atoms with Crippen LogP contribution in [0.2, 0.25) is 0 Å². The lowest BCUT2D eigenvalue weighted by Crippen LogP contribution is -2.47. The SMILES string of the molecule is O[B-]1([OH2+])OCc2cc(F)ccc21. The van der Waals surface area contributed by atoms with Gasteiger partial charge >= 0.3 is 6.75 Å². The van der Waals surface area contributed by atoms with Gasteiger partial charge in [-0.15, -0.1) is 0 Å². The number of fused-ring (bicyclic) bond motifs is 1. The standard InChI is InChI=1S/C7H8BFO3/c9-6-1-2-7-5(3-6)4-12-8(7,10)11/h1-3,10H,4,11H2. The van der Waals surface area contributed by atoms with E-state index in [2.05, 4.69) is 0 Å². The van der Waals surface area contributed by atoms with Gasteiger partial charge in [-0.3, -0.25) is 0 Å². The zero-order chi connectivity index (χ0) is 8.77. The Labute approximate surface area is 68.4 Å². The Kier molecular flexibility index (Phi) is 1.48. The van der Waals surface area contributed by atoms with Crippen molar-refractivity contribution in [1.29, 1.82) is 0 Å². The molecule has 0 saturated carbocycles. The van der Waals surface area contributed by atoms with Gasteiger partial charge in [0.15, 0.2) is 0 Å². The molecular weight excluding hydrogens is 162 g/mol. The van der Waals surface area contributed by atoms with Crippen LogP contribution in [0.15, 0.2) is 18.2 Å². The normalized spacial score (nSPS) is 27.2. The molecule has 5 heteroatoms. The predicted octanol–water partition coefficient (Wildman–Crippen LogP) is -0.781. The number of hydrogen-bond donors (Lipinski definition) is 1. The van der Waals surface area contributed by atoms with Crippen molar-refractivity contribution in [2.75, 3.05) is 0 Å². The van der Waals surface area contributed by atoms with Crippen LogP contribution < -0.4 is 5.46 Å². The molecule has 0 fully saturated rings. The summed E-state index contributed by atoms with van der Waals surface area (Å²) in [5, 5.41) is 16.6. The Bertz CT molecular complexity index is 326. The minimum atomic E-state index is -2.63.